The van der Waals surface area contributed by atoms with Crippen molar-refractivity contribution >= 4 is 40.7 Å². The molecule has 3 aromatic rings. The molecular weight excluding hydrogens is 536 g/mol. The smallest absolute Gasteiger partial charge is 0.256 e. The molecule has 1 N–H and O–H groups in total. The lowest BCUT2D eigenvalue weighted by Crippen LogP contribution is -2.50. The van der Waals surface area contributed by atoms with Crippen LogP contribution in [0.4, 0.5) is 11.4 Å². The number of piperazine rings is 1. The van der Waals surface area contributed by atoms with Gasteiger partial charge in [0.25, 0.3) is 11.8 Å². The minimum atomic E-state index is -0.262. The van der Waals surface area contributed by atoms with E-state index in [1.54, 1.807) is 30.3 Å². The SMILES string of the molecule is CCC(C(=O)N1CCN(c2ccc(NC(=O)c3ccc(Cl)cc3)cc2C(=O)N2CCCCC2)CC1)c1ccccc1. The van der Waals surface area contributed by atoms with Crippen LogP contribution in [0.15, 0.2) is 72.8 Å². The molecule has 2 aliphatic rings. The first-order valence-corrected chi connectivity index (χ1v) is 14.9. The summed E-state index contributed by atoms with van der Waals surface area (Å²) in [6.07, 6.45) is 3.87. The van der Waals surface area contributed by atoms with Gasteiger partial charge in [0.1, 0.15) is 0 Å². The molecule has 7 nitrogen and oxygen atoms in total. The van der Waals surface area contributed by atoms with Gasteiger partial charge >= 0.3 is 0 Å². The quantitative estimate of drug-likeness (QED) is 0.373. The van der Waals surface area contributed by atoms with Gasteiger partial charge in [-0.25, -0.2) is 0 Å². The Kier molecular flexibility index (Phi) is 9.24. The van der Waals surface area contributed by atoms with Crippen molar-refractivity contribution in [3.05, 3.63) is 94.5 Å². The highest BCUT2D eigenvalue weighted by Gasteiger charge is 2.30. The summed E-state index contributed by atoms with van der Waals surface area (Å²) in [4.78, 5) is 46.1. The van der Waals surface area contributed by atoms with Gasteiger partial charge in [0, 0.05) is 61.2 Å². The van der Waals surface area contributed by atoms with Crippen LogP contribution in [-0.2, 0) is 4.79 Å². The van der Waals surface area contributed by atoms with Crippen molar-refractivity contribution < 1.29 is 14.4 Å². The van der Waals surface area contributed by atoms with Crippen LogP contribution in [0.5, 0.6) is 0 Å². The number of carbonyl (C=O) groups excluding carboxylic acids is 3. The zero-order chi connectivity index (χ0) is 28.8. The first-order chi connectivity index (χ1) is 19.9. The summed E-state index contributed by atoms with van der Waals surface area (Å²) in [6, 6.07) is 22.2. The van der Waals surface area contributed by atoms with Crippen LogP contribution in [0.2, 0.25) is 5.02 Å². The molecule has 0 saturated carbocycles. The number of rotatable bonds is 7. The zero-order valence-electron chi connectivity index (χ0n) is 23.5. The fourth-order valence-corrected chi connectivity index (χ4v) is 5.89. The van der Waals surface area contributed by atoms with Crippen molar-refractivity contribution in [2.75, 3.05) is 49.5 Å². The molecule has 1 unspecified atom stereocenters. The molecule has 2 saturated heterocycles. The lowest BCUT2D eigenvalue weighted by Gasteiger charge is -2.38. The fourth-order valence-electron chi connectivity index (χ4n) is 5.76. The molecule has 3 aromatic carbocycles. The van der Waals surface area contributed by atoms with E-state index in [1.807, 2.05) is 52.3 Å². The Morgan fingerprint density at radius 3 is 2.15 bits per heavy atom. The number of halogens is 1. The van der Waals surface area contributed by atoms with Crippen molar-refractivity contribution in [2.45, 2.75) is 38.5 Å². The standard InChI is InChI=1S/C33H37ClN4O3/c1-2-28(24-9-5-3-6-10-24)32(40)38-21-19-36(20-22-38)30-16-15-27(35-31(39)25-11-13-26(34)14-12-25)23-29(30)33(41)37-17-7-4-8-18-37/h3,5-6,9-16,23,28H,2,4,7-8,17-22H2,1H3,(H,35,39). The lowest BCUT2D eigenvalue weighted by atomic mass is 9.94. The van der Waals surface area contributed by atoms with Crippen LogP contribution in [-0.4, -0.2) is 66.8 Å². The number of nitrogens with one attached hydrogen (secondary N) is 1. The molecule has 8 heteroatoms. The first kappa shape index (κ1) is 28.7. The van der Waals surface area contributed by atoms with E-state index < -0.39 is 0 Å². The van der Waals surface area contributed by atoms with Gasteiger partial charge < -0.3 is 20.0 Å². The predicted octanol–water partition coefficient (Wildman–Crippen LogP) is 6.06. The monoisotopic (exact) mass is 572 g/mol. The largest absolute Gasteiger partial charge is 0.367 e. The number of anilines is 2. The lowest BCUT2D eigenvalue weighted by molar-refractivity contribution is -0.133. The van der Waals surface area contributed by atoms with E-state index in [0.717, 1.165) is 50.0 Å². The molecule has 2 heterocycles. The molecule has 0 aliphatic carbocycles. The molecule has 3 amide bonds. The molecule has 0 aromatic heterocycles. The topological polar surface area (TPSA) is 73.0 Å². The maximum Gasteiger partial charge on any atom is 0.256 e. The Morgan fingerprint density at radius 1 is 0.805 bits per heavy atom. The number of likely N-dealkylation sites (tertiary alicyclic amines) is 1. The molecule has 2 aliphatic heterocycles. The highest BCUT2D eigenvalue weighted by atomic mass is 35.5. The first-order valence-electron chi connectivity index (χ1n) is 14.5. The molecule has 5 rings (SSSR count). The van der Waals surface area contributed by atoms with E-state index in [4.69, 9.17) is 11.6 Å². The Labute approximate surface area is 247 Å². The van der Waals surface area contributed by atoms with E-state index in [-0.39, 0.29) is 23.6 Å². The molecule has 0 spiro atoms. The zero-order valence-corrected chi connectivity index (χ0v) is 24.3. The second-order valence-electron chi connectivity index (χ2n) is 10.7. The molecule has 2 fully saturated rings. The third kappa shape index (κ3) is 6.73. The third-order valence-electron chi connectivity index (χ3n) is 8.07. The Balaban J connectivity index is 1.34. The van der Waals surface area contributed by atoms with Crippen molar-refractivity contribution in [3.8, 4) is 0 Å². The molecule has 0 bridgehead atoms. The predicted molar refractivity (Wildman–Crippen MR) is 164 cm³/mol. The van der Waals surface area contributed by atoms with E-state index in [9.17, 15) is 14.4 Å². The number of piperidine rings is 1. The van der Waals surface area contributed by atoms with Crippen LogP contribution < -0.4 is 10.2 Å². The van der Waals surface area contributed by atoms with E-state index in [2.05, 4.69) is 17.1 Å². The summed E-state index contributed by atoms with van der Waals surface area (Å²) in [5.74, 6) is -0.275. The fraction of sp³-hybridized carbons (Fsp3) is 0.364. The summed E-state index contributed by atoms with van der Waals surface area (Å²) >= 11 is 5.97. The summed E-state index contributed by atoms with van der Waals surface area (Å²) in [5.41, 5.74) is 3.53. The van der Waals surface area contributed by atoms with Gasteiger partial charge in [0.15, 0.2) is 0 Å². The highest BCUT2D eigenvalue weighted by Crippen LogP contribution is 2.30. The van der Waals surface area contributed by atoms with Gasteiger partial charge in [-0.3, -0.25) is 14.4 Å². The average molecular weight is 573 g/mol. The number of nitrogens with zero attached hydrogens (tertiary/aromatic N) is 3. The minimum Gasteiger partial charge on any atom is -0.367 e. The van der Waals surface area contributed by atoms with E-state index in [1.165, 1.54) is 0 Å². The number of carbonyl (C=O) groups is 3. The third-order valence-corrected chi connectivity index (χ3v) is 8.33. The van der Waals surface area contributed by atoms with Gasteiger partial charge in [-0.15, -0.1) is 0 Å². The van der Waals surface area contributed by atoms with Crippen molar-refractivity contribution in [3.63, 3.8) is 0 Å². The van der Waals surface area contributed by atoms with Crippen molar-refractivity contribution in [1.29, 1.82) is 0 Å². The summed E-state index contributed by atoms with van der Waals surface area (Å²) < 4.78 is 0. The summed E-state index contributed by atoms with van der Waals surface area (Å²) in [5, 5.41) is 3.50. The summed E-state index contributed by atoms with van der Waals surface area (Å²) in [6.45, 7) is 5.97. The van der Waals surface area contributed by atoms with Crippen LogP contribution in [0.3, 0.4) is 0 Å². The maximum absolute atomic E-state index is 13.8. The second-order valence-corrected chi connectivity index (χ2v) is 11.2. The molecule has 0 radical (unpaired) electrons. The Hall–Kier alpha value is -3.84. The van der Waals surface area contributed by atoms with Crippen LogP contribution in [0.25, 0.3) is 0 Å². The van der Waals surface area contributed by atoms with Gasteiger partial charge in [0.05, 0.1) is 11.5 Å². The van der Waals surface area contributed by atoms with Crippen LogP contribution in [0.1, 0.15) is 64.8 Å². The molecule has 1 atom stereocenters. The van der Waals surface area contributed by atoms with Crippen molar-refractivity contribution in [1.82, 2.24) is 9.80 Å². The average Bonchev–Trinajstić information content (AvgIpc) is 3.02. The maximum atomic E-state index is 13.8. The normalized spacial score (nSPS) is 16.3. The van der Waals surface area contributed by atoms with E-state index in [0.29, 0.717) is 48.0 Å². The number of hydrogen-bond acceptors (Lipinski definition) is 4. The van der Waals surface area contributed by atoms with Gasteiger partial charge in [-0.1, -0.05) is 48.9 Å². The number of amides is 3. The van der Waals surface area contributed by atoms with Crippen molar-refractivity contribution in [2.24, 2.45) is 0 Å². The van der Waals surface area contributed by atoms with Gasteiger partial charge in [0.2, 0.25) is 5.91 Å². The van der Waals surface area contributed by atoms with E-state index >= 15 is 0 Å². The Morgan fingerprint density at radius 2 is 1.49 bits per heavy atom. The summed E-state index contributed by atoms with van der Waals surface area (Å²) in [7, 11) is 0. The molecular formula is C33H37ClN4O3. The minimum absolute atomic E-state index is 0.0177. The highest BCUT2D eigenvalue weighted by molar-refractivity contribution is 6.30. The number of hydrogen-bond donors (Lipinski definition) is 1. The number of benzene rings is 3. The van der Waals surface area contributed by atoms with Gasteiger partial charge in [-0.05, 0) is 73.7 Å². The second kappa shape index (κ2) is 13.2. The van der Waals surface area contributed by atoms with Gasteiger partial charge in [-0.2, -0.15) is 0 Å². The van der Waals surface area contributed by atoms with Crippen LogP contribution in [0, 0.1) is 0 Å². The van der Waals surface area contributed by atoms with Crippen LogP contribution >= 0.6 is 11.6 Å². The molecule has 214 valence electrons. The molecule has 41 heavy (non-hydrogen) atoms. The Bertz CT molecular complexity index is 1360.